The Morgan fingerprint density at radius 3 is 3.07 bits per heavy atom. The zero-order chi connectivity index (χ0) is 10.2. The molecule has 0 unspecified atom stereocenters. The smallest absolute Gasteiger partial charge is 0.158 e. The van der Waals surface area contributed by atoms with Crippen molar-refractivity contribution in [1.29, 1.82) is 0 Å². The topological polar surface area (TPSA) is 32.3 Å². The van der Waals surface area contributed by atoms with Crippen molar-refractivity contribution in [2.75, 3.05) is 32.7 Å². The minimum atomic E-state index is 0.237. The molecule has 1 N–H and O–H groups in total. The lowest BCUT2D eigenvalue weighted by Gasteiger charge is -2.17. The Labute approximate surface area is 85.9 Å². The molecule has 0 aromatic rings. The molecule has 1 rings (SSSR count). The summed E-state index contributed by atoms with van der Waals surface area (Å²) < 4.78 is 0. The van der Waals surface area contributed by atoms with Crippen molar-refractivity contribution in [2.45, 2.75) is 19.8 Å². The highest BCUT2D eigenvalue weighted by atomic mass is 16.1. The highest BCUT2D eigenvalue weighted by Gasteiger charge is 2.11. The second kappa shape index (κ2) is 6.58. The fraction of sp³-hybridized carbons (Fsp3) is 0.727. The summed E-state index contributed by atoms with van der Waals surface area (Å²) in [5, 5.41) is 3.31. The summed E-state index contributed by atoms with van der Waals surface area (Å²) in [6, 6.07) is 0. The van der Waals surface area contributed by atoms with Crippen molar-refractivity contribution in [3.63, 3.8) is 0 Å². The number of ketones is 1. The van der Waals surface area contributed by atoms with Gasteiger partial charge in [0.05, 0.1) is 13.0 Å². The standard InChI is InChI=1S/C11H18N2O/c1-2-3-5-11(14)10-13-8-4-6-12-7-9-13/h12H,4-10H2,1H3. The van der Waals surface area contributed by atoms with Crippen LogP contribution in [0.1, 0.15) is 19.8 Å². The zero-order valence-electron chi connectivity index (χ0n) is 8.81. The van der Waals surface area contributed by atoms with Gasteiger partial charge in [0, 0.05) is 13.1 Å². The summed E-state index contributed by atoms with van der Waals surface area (Å²) in [6.07, 6.45) is 1.53. The van der Waals surface area contributed by atoms with Gasteiger partial charge in [-0.1, -0.05) is 5.92 Å². The third-order valence-electron chi connectivity index (χ3n) is 2.29. The molecule has 0 amide bonds. The minimum absolute atomic E-state index is 0.237. The maximum atomic E-state index is 11.4. The molecule has 0 spiro atoms. The molecule has 0 aliphatic carbocycles. The van der Waals surface area contributed by atoms with E-state index in [-0.39, 0.29) is 5.78 Å². The molecule has 1 aliphatic heterocycles. The second-order valence-electron chi connectivity index (χ2n) is 3.52. The number of nitrogens with one attached hydrogen (secondary N) is 1. The van der Waals surface area contributed by atoms with E-state index < -0.39 is 0 Å². The highest BCUT2D eigenvalue weighted by molar-refractivity contribution is 5.82. The predicted molar refractivity (Wildman–Crippen MR) is 57.0 cm³/mol. The van der Waals surface area contributed by atoms with Gasteiger partial charge >= 0.3 is 0 Å². The zero-order valence-corrected chi connectivity index (χ0v) is 8.81. The Morgan fingerprint density at radius 1 is 1.43 bits per heavy atom. The van der Waals surface area contributed by atoms with Crippen molar-refractivity contribution in [3.8, 4) is 11.8 Å². The van der Waals surface area contributed by atoms with E-state index in [0.717, 1.165) is 32.6 Å². The molecule has 1 heterocycles. The first-order valence-corrected chi connectivity index (χ1v) is 5.17. The van der Waals surface area contributed by atoms with Crippen LogP contribution < -0.4 is 5.32 Å². The summed E-state index contributed by atoms with van der Waals surface area (Å²) in [7, 11) is 0. The Balaban J connectivity index is 2.25. The highest BCUT2D eigenvalue weighted by Crippen LogP contribution is 1.96. The van der Waals surface area contributed by atoms with Crippen LogP contribution in [0.4, 0.5) is 0 Å². The molecule has 0 aromatic carbocycles. The van der Waals surface area contributed by atoms with Gasteiger partial charge in [-0.2, -0.15) is 0 Å². The molecule has 1 aliphatic rings. The first-order valence-electron chi connectivity index (χ1n) is 5.17. The third-order valence-corrected chi connectivity index (χ3v) is 2.29. The number of carbonyl (C=O) groups excluding carboxylic acids is 1. The molecule has 0 atom stereocenters. The molecule has 3 heteroatoms. The van der Waals surface area contributed by atoms with Crippen LogP contribution in [0.2, 0.25) is 0 Å². The fourth-order valence-corrected chi connectivity index (χ4v) is 1.55. The van der Waals surface area contributed by atoms with E-state index in [1.165, 1.54) is 0 Å². The lowest BCUT2D eigenvalue weighted by molar-refractivity contribution is -0.119. The van der Waals surface area contributed by atoms with Crippen molar-refractivity contribution in [3.05, 3.63) is 0 Å². The Morgan fingerprint density at radius 2 is 2.29 bits per heavy atom. The van der Waals surface area contributed by atoms with E-state index in [4.69, 9.17) is 0 Å². The normalized spacial score (nSPS) is 18.1. The number of Topliss-reactive ketones (excluding diaryl/α,β-unsaturated/α-hetero) is 1. The molecule has 0 aromatic heterocycles. The minimum Gasteiger partial charge on any atom is -0.315 e. The van der Waals surface area contributed by atoms with Crippen molar-refractivity contribution < 1.29 is 4.79 Å². The number of hydrogen-bond donors (Lipinski definition) is 1. The molecule has 1 saturated heterocycles. The summed E-state index contributed by atoms with van der Waals surface area (Å²) in [4.78, 5) is 13.6. The van der Waals surface area contributed by atoms with Gasteiger partial charge in [0.1, 0.15) is 0 Å². The summed E-state index contributed by atoms with van der Waals surface area (Å²) in [5.41, 5.74) is 0. The van der Waals surface area contributed by atoms with Crippen LogP contribution in [0, 0.1) is 11.8 Å². The Kier molecular flexibility index (Phi) is 5.28. The van der Waals surface area contributed by atoms with Crippen molar-refractivity contribution in [2.24, 2.45) is 0 Å². The van der Waals surface area contributed by atoms with Gasteiger partial charge < -0.3 is 5.32 Å². The molecule has 14 heavy (non-hydrogen) atoms. The van der Waals surface area contributed by atoms with E-state index in [1.54, 1.807) is 6.92 Å². The number of nitrogens with zero attached hydrogens (tertiary/aromatic N) is 1. The molecular weight excluding hydrogens is 176 g/mol. The average molecular weight is 194 g/mol. The van der Waals surface area contributed by atoms with Crippen LogP contribution in [-0.2, 0) is 4.79 Å². The van der Waals surface area contributed by atoms with Gasteiger partial charge in [0.15, 0.2) is 5.78 Å². The van der Waals surface area contributed by atoms with Crippen LogP contribution in [0.5, 0.6) is 0 Å². The SMILES string of the molecule is CC#CCC(=O)CN1CCCNCC1. The maximum absolute atomic E-state index is 11.4. The molecule has 1 fully saturated rings. The third kappa shape index (κ3) is 4.40. The maximum Gasteiger partial charge on any atom is 0.158 e. The van der Waals surface area contributed by atoms with E-state index >= 15 is 0 Å². The van der Waals surface area contributed by atoms with E-state index in [9.17, 15) is 4.79 Å². The molecule has 0 bridgehead atoms. The van der Waals surface area contributed by atoms with Gasteiger partial charge in [-0.05, 0) is 26.4 Å². The van der Waals surface area contributed by atoms with Gasteiger partial charge in [-0.3, -0.25) is 9.69 Å². The van der Waals surface area contributed by atoms with E-state index in [1.807, 2.05) is 0 Å². The predicted octanol–water partition coefficient (Wildman–Crippen LogP) is 0.264. The van der Waals surface area contributed by atoms with Crippen LogP contribution in [0.25, 0.3) is 0 Å². The van der Waals surface area contributed by atoms with Gasteiger partial charge in [0.2, 0.25) is 0 Å². The van der Waals surface area contributed by atoms with Crippen molar-refractivity contribution >= 4 is 5.78 Å². The lowest BCUT2D eigenvalue weighted by atomic mass is 10.2. The van der Waals surface area contributed by atoms with E-state index in [0.29, 0.717) is 13.0 Å². The lowest BCUT2D eigenvalue weighted by Crippen LogP contribution is -2.32. The van der Waals surface area contributed by atoms with Crippen LogP contribution in [0.15, 0.2) is 0 Å². The fourth-order valence-electron chi connectivity index (χ4n) is 1.55. The molecule has 3 nitrogen and oxygen atoms in total. The largest absolute Gasteiger partial charge is 0.315 e. The monoisotopic (exact) mass is 194 g/mol. The number of rotatable bonds is 3. The van der Waals surface area contributed by atoms with Crippen LogP contribution >= 0.6 is 0 Å². The van der Waals surface area contributed by atoms with Crippen LogP contribution in [-0.4, -0.2) is 43.4 Å². The molecular formula is C11H18N2O. The summed E-state index contributed by atoms with van der Waals surface area (Å²) in [6.45, 7) is 6.40. The average Bonchev–Trinajstić information content (AvgIpc) is 2.43. The summed E-state index contributed by atoms with van der Waals surface area (Å²) >= 11 is 0. The quantitative estimate of drug-likeness (QED) is 0.654. The first kappa shape index (κ1) is 11.2. The second-order valence-corrected chi connectivity index (χ2v) is 3.52. The van der Waals surface area contributed by atoms with Gasteiger partial charge in [-0.15, -0.1) is 5.92 Å². The van der Waals surface area contributed by atoms with E-state index in [2.05, 4.69) is 22.1 Å². The van der Waals surface area contributed by atoms with Crippen molar-refractivity contribution in [1.82, 2.24) is 10.2 Å². The Hall–Kier alpha value is -0.850. The Bertz CT molecular complexity index is 231. The van der Waals surface area contributed by atoms with Gasteiger partial charge in [-0.25, -0.2) is 0 Å². The molecule has 0 saturated carbocycles. The number of hydrogen-bond acceptors (Lipinski definition) is 3. The van der Waals surface area contributed by atoms with Crippen LogP contribution in [0.3, 0.4) is 0 Å². The van der Waals surface area contributed by atoms with Gasteiger partial charge in [0.25, 0.3) is 0 Å². The number of carbonyl (C=O) groups is 1. The summed E-state index contributed by atoms with van der Waals surface area (Å²) in [5.74, 6) is 5.80. The molecule has 0 radical (unpaired) electrons. The molecule has 78 valence electrons. The first-order chi connectivity index (χ1) is 6.83.